The summed E-state index contributed by atoms with van der Waals surface area (Å²) >= 11 is 0. The van der Waals surface area contributed by atoms with Gasteiger partial charge in [-0.05, 0) is 17.7 Å². The van der Waals surface area contributed by atoms with Crippen LogP contribution in [0.1, 0.15) is 18.1 Å². The van der Waals surface area contributed by atoms with Gasteiger partial charge in [-0.1, -0.05) is 19.1 Å². The molecule has 4 heteroatoms. The molecule has 0 aliphatic rings. The fourth-order valence-corrected chi connectivity index (χ4v) is 1.94. The maximum atomic E-state index is 11.3. The number of sulfone groups is 1. The van der Waals surface area contributed by atoms with Gasteiger partial charge in [0.1, 0.15) is 0 Å². The van der Waals surface area contributed by atoms with Gasteiger partial charge in [0, 0.05) is 5.75 Å². The van der Waals surface area contributed by atoms with Crippen LogP contribution in [-0.2, 0) is 15.6 Å². The standard InChI is InChI=1S/C10H11NO2S/c1-2-14(12,13)8-10-5-3-9(7-11)4-6-10/h3-6H,2,8H2,1H3. The smallest absolute Gasteiger partial charge is 0.154 e. The van der Waals surface area contributed by atoms with E-state index in [1.165, 1.54) is 0 Å². The van der Waals surface area contributed by atoms with Gasteiger partial charge >= 0.3 is 0 Å². The number of hydrogen-bond acceptors (Lipinski definition) is 3. The monoisotopic (exact) mass is 209 g/mol. The fourth-order valence-electron chi connectivity index (χ4n) is 1.03. The Morgan fingerprint density at radius 2 is 1.86 bits per heavy atom. The molecule has 0 saturated heterocycles. The van der Waals surface area contributed by atoms with Crippen molar-refractivity contribution in [3.8, 4) is 6.07 Å². The van der Waals surface area contributed by atoms with E-state index >= 15 is 0 Å². The number of rotatable bonds is 3. The summed E-state index contributed by atoms with van der Waals surface area (Å²) in [6.07, 6.45) is 0. The van der Waals surface area contributed by atoms with Crippen LogP contribution in [0.2, 0.25) is 0 Å². The van der Waals surface area contributed by atoms with Crippen LogP contribution in [-0.4, -0.2) is 14.2 Å². The first-order chi connectivity index (χ1) is 6.57. The Bertz CT molecular complexity index is 440. The van der Waals surface area contributed by atoms with Crippen LogP contribution in [0.5, 0.6) is 0 Å². The van der Waals surface area contributed by atoms with E-state index in [1.807, 2.05) is 6.07 Å². The largest absolute Gasteiger partial charge is 0.229 e. The molecule has 0 amide bonds. The molecule has 74 valence electrons. The molecule has 3 nitrogen and oxygen atoms in total. The zero-order chi connectivity index (χ0) is 10.6. The molecule has 14 heavy (non-hydrogen) atoms. The average molecular weight is 209 g/mol. The van der Waals surface area contributed by atoms with Gasteiger partial charge in [-0.2, -0.15) is 5.26 Å². The van der Waals surface area contributed by atoms with Crippen molar-refractivity contribution in [3.05, 3.63) is 35.4 Å². The zero-order valence-electron chi connectivity index (χ0n) is 7.90. The molecule has 0 spiro atoms. The highest BCUT2D eigenvalue weighted by Crippen LogP contribution is 2.08. The Hall–Kier alpha value is -1.34. The van der Waals surface area contributed by atoms with Gasteiger partial charge < -0.3 is 0 Å². The first-order valence-electron chi connectivity index (χ1n) is 4.27. The van der Waals surface area contributed by atoms with E-state index in [1.54, 1.807) is 31.2 Å². The third-order valence-corrected chi connectivity index (χ3v) is 3.56. The van der Waals surface area contributed by atoms with Crippen LogP contribution in [0, 0.1) is 11.3 Å². The van der Waals surface area contributed by atoms with Crippen LogP contribution in [0.15, 0.2) is 24.3 Å². The Morgan fingerprint density at radius 3 is 2.29 bits per heavy atom. The van der Waals surface area contributed by atoms with Crippen molar-refractivity contribution in [2.75, 3.05) is 5.75 Å². The summed E-state index contributed by atoms with van der Waals surface area (Å²) < 4.78 is 22.5. The van der Waals surface area contributed by atoms with Gasteiger partial charge in [-0.25, -0.2) is 8.42 Å². The molecule has 0 heterocycles. The number of nitrogens with zero attached hydrogens (tertiary/aromatic N) is 1. The summed E-state index contributed by atoms with van der Waals surface area (Å²) in [6.45, 7) is 1.62. The molecular weight excluding hydrogens is 198 g/mol. The summed E-state index contributed by atoms with van der Waals surface area (Å²) in [7, 11) is -2.98. The van der Waals surface area contributed by atoms with Crippen molar-refractivity contribution < 1.29 is 8.42 Å². The van der Waals surface area contributed by atoms with E-state index in [0.29, 0.717) is 5.56 Å². The normalized spacial score (nSPS) is 10.9. The van der Waals surface area contributed by atoms with Gasteiger partial charge in [-0.3, -0.25) is 0 Å². The highest BCUT2D eigenvalue weighted by Gasteiger charge is 2.08. The van der Waals surface area contributed by atoms with E-state index in [9.17, 15) is 8.42 Å². The van der Waals surface area contributed by atoms with Crippen LogP contribution < -0.4 is 0 Å². The Balaban J connectivity index is 2.86. The molecule has 0 radical (unpaired) electrons. The van der Waals surface area contributed by atoms with Crippen molar-refractivity contribution in [1.29, 1.82) is 5.26 Å². The van der Waals surface area contributed by atoms with Gasteiger partial charge in [0.15, 0.2) is 9.84 Å². The van der Waals surface area contributed by atoms with Crippen LogP contribution in [0.3, 0.4) is 0 Å². The maximum absolute atomic E-state index is 11.3. The molecule has 0 atom stereocenters. The Kier molecular flexibility index (Phi) is 3.26. The van der Waals surface area contributed by atoms with E-state index in [-0.39, 0.29) is 11.5 Å². The van der Waals surface area contributed by atoms with Gasteiger partial charge in [0.2, 0.25) is 0 Å². The Morgan fingerprint density at radius 1 is 1.29 bits per heavy atom. The summed E-state index contributed by atoms with van der Waals surface area (Å²) in [5.74, 6) is 0.197. The number of hydrogen-bond donors (Lipinski definition) is 0. The second-order valence-corrected chi connectivity index (χ2v) is 5.34. The van der Waals surface area contributed by atoms with Crippen molar-refractivity contribution >= 4 is 9.84 Å². The first kappa shape index (κ1) is 10.7. The third kappa shape index (κ3) is 2.86. The predicted molar refractivity (Wildman–Crippen MR) is 54.3 cm³/mol. The molecule has 1 rings (SSSR count). The number of benzene rings is 1. The fraction of sp³-hybridized carbons (Fsp3) is 0.300. The van der Waals surface area contributed by atoms with E-state index in [4.69, 9.17) is 5.26 Å². The second-order valence-electron chi connectivity index (χ2n) is 2.99. The minimum Gasteiger partial charge on any atom is -0.229 e. The van der Waals surface area contributed by atoms with Crippen molar-refractivity contribution in [2.24, 2.45) is 0 Å². The molecule has 0 N–H and O–H groups in total. The van der Waals surface area contributed by atoms with Crippen LogP contribution >= 0.6 is 0 Å². The van der Waals surface area contributed by atoms with Crippen LogP contribution in [0.25, 0.3) is 0 Å². The molecule has 0 aliphatic carbocycles. The van der Waals surface area contributed by atoms with Crippen molar-refractivity contribution in [3.63, 3.8) is 0 Å². The summed E-state index contributed by atoms with van der Waals surface area (Å²) in [4.78, 5) is 0. The molecule has 0 unspecified atom stereocenters. The van der Waals surface area contributed by atoms with Crippen molar-refractivity contribution in [1.82, 2.24) is 0 Å². The average Bonchev–Trinajstić information content (AvgIpc) is 2.19. The third-order valence-electron chi connectivity index (χ3n) is 1.91. The number of nitriles is 1. The van der Waals surface area contributed by atoms with E-state index in [2.05, 4.69) is 0 Å². The lowest BCUT2D eigenvalue weighted by atomic mass is 10.2. The SMILES string of the molecule is CCS(=O)(=O)Cc1ccc(C#N)cc1. The lowest BCUT2D eigenvalue weighted by molar-refractivity contribution is 0.596. The molecular formula is C10H11NO2S. The van der Waals surface area contributed by atoms with Gasteiger partial charge in [0.25, 0.3) is 0 Å². The lowest BCUT2D eigenvalue weighted by Gasteiger charge is -2.00. The lowest BCUT2D eigenvalue weighted by Crippen LogP contribution is -2.06. The Labute approximate surface area is 83.9 Å². The molecule has 0 aliphatic heterocycles. The molecule has 0 saturated carbocycles. The van der Waals surface area contributed by atoms with E-state index in [0.717, 1.165) is 5.56 Å². The quantitative estimate of drug-likeness (QED) is 0.757. The van der Waals surface area contributed by atoms with Crippen LogP contribution in [0.4, 0.5) is 0 Å². The van der Waals surface area contributed by atoms with E-state index < -0.39 is 9.84 Å². The highest BCUT2D eigenvalue weighted by molar-refractivity contribution is 7.90. The molecule has 0 aromatic heterocycles. The molecule has 1 aromatic carbocycles. The van der Waals surface area contributed by atoms with Gasteiger partial charge in [0.05, 0.1) is 17.4 Å². The molecule has 1 aromatic rings. The van der Waals surface area contributed by atoms with Gasteiger partial charge in [-0.15, -0.1) is 0 Å². The predicted octanol–water partition coefficient (Wildman–Crippen LogP) is 1.49. The topological polar surface area (TPSA) is 57.9 Å². The van der Waals surface area contributed by atoms with Crippen molar-refractivity contribution in [2.45, 2.75) is 12.7 Å². The summed E-state index contributed by atoms with van der Waals surface area (Å²) in [5, 5.41) is 8.54. The molecule has 0 bridgehead atoms. The first-order valence-corrected chi connectivity index (χ1v) is 6.09. The molecule has 0 fully saturated rings. The summed E-state index contributed by atoms with van der Waals surface area (Å²) in [6, 6.07) is 8.58. The second kappa shape index (κ2) is 4.25. The summed E-state index contributed by atoms with van der Waals surface area (Å²) in [5.41, 5.74) is 1.27. The minimum atomic E-state index is -2.98. The highest BCUT2D eigenvalue weighted by atomic mass is 32.2. The zero-order valence-corrected chi connectivity index (χ0v) is 8.71. The maximum Gasteiger partial charge on any atom is 0.154 e. The minimum absolute atomic E-state index is 0.0508.